The molecule has 2 aromatic rings. The van der Waals surface area contributed by atoms with E-state index in [4.69, 9.17) is 23.2 Å². The highest BCUT2D eigenvalue weighted by molar-refractivity contribution is 8.00. The molecule has 7 heteroatoms. The third-order valence-electron chi connectivity index (χ3n) is 2.96. The molecule has 116 valence electrons. The standard InChI is InChI=1S/C15H12Cl2O3S2/c1-9-7-13(21-12-6-4-3-5-11(12)16)14(22(2,19)20)8-10(9)15(17)18/h3-8H,1-2H3. The van der Waals surface area contributed by atoms with Crippen molar-refractivity contribution >= 4 is 50.0 Å². The molecule has 0 aliphatic heterocycles. The Bertz CT molecular complexity index is 846. The van der Waals surface area contributed by atoms with Crippen LogP contribution in [-0.2, 0) is 9.84 Å². The number of benzene rings is 2. The number of carbonyl (C=O) groups is 1. The topological polar surface area (TPSA) is 51.2 Å². The monoisotopic (exact) mass is 374 g/mol. The van der Waals surface area contributed by atoms with Gasteiger partial charge in [0.2, 0.25) is 0 Å². The van der Waals surface area contributed by atoms with Gasteiger partial charge in [-0.25, -0.2) is 8.42 Å². The summed E-state index contributed by atoms with van der Waals surface area (Å²) >= 11 is 12.9. The third kappa shape index (κ3) is 3.84. The quantitative estimate of drug-likeness (QED) is 0.734. The lowest BCUT2D eigenvalue weighted by Gasteiger charge is -2.12. The van der Waals surface area contributed by atoms with Crippen LogP contribution in [0.1, 0.15) is 15.9 Å². The Hall–Kier alpha value is -1.01. The van der Waals surface area contributed by atoms with Gasteiger partial charge in [-0.3, -0.25) is 4.79 Å². The molecule has 0 amide bonds. The summed E-state index contributed by atoms with van der Waals surface area (Å²) in [6, 6.07) is 10.1. The predicted molar refractivity (Wildman–Crippen MR) is 90.0 cm³/mol. The van der Waals surface area contributed by atoms with Gasteiger partial charge in [0.05, 0.1) is 9.92 Å². The van der Waals surface area contributed by atoms with Crippen molar-refractivity contribution in [2.75, 3.05) is 6.26 Å². The van der Waals surface area contributed by atoms with Crippen LogP contribution in [-0.4, -0.2) is 19.9 Å². The average molecular weight is 375 g/mol. The van der Waals surface area contributed by atoms with Crippen molar-refractivity contribution in [3.05, 3.63) is 52.5 Å². The normalized spacial score (nSPS) is 11.5. The summed E-state index contributed by atoms with van der Waals surface area (Å²) in [6.07, 6.45) is 1.09. The Morgan fingerprint density at radius 1 is 1.14 bits per heavy atom. The molecular formula is C15H12Cl2O3S2. The Kier molecular flexibility index (Phi) is 5.22. The van der Waals surface area contributed by atoms with E-state index >= 15 is 0 Å². The summed E-state index contributed by atoms with van der Waals surface area (Å²) in [7, 11) is -3.51. The average Bonchev–Trinajstić information content (AvgIpc) is 2.39. The summed E-state index contributed by atoms with van der Waals surface area (Å²) in [6.45, 7) is 1.71. The largest absolute Gasteiger partial charge is 0.276 e. The molecule has 3 nitrogen and oxygen atoms in total. The summed E-state index contributed by atoms with van der Waals surface area (Å²) in [5, 5.41) is -0.154. The highest BCUT2D eigenvalue weighted by Gasteiger charge is 2.19. The van der Waals surface area contributed by atoms with Gasteiger partial charge in [-0.1, -0.05) is 35.5 Å². The van der Waals surface area contributed by atoms with E-state index in [0.29, 0.717) is 15.5 Å². The fourth-order valence-corrected chi connectivity index (χ4v) is 4.62. The zero-order valence-electron chi connectivity index (χ0n) is 11.8. The molecule has 0 atom stereocenters. The highest BCUT2D eigenvalue weighted by Crippen LogP contribution is 2.38. The van der Waals surface area contributed by atoms with Crippen LogP contribution in [0, 0.1) is 6.92 Å². The third-order valence-corrected chi connectivity index (χ3v) is 6.00. The summed E-state index contributed by atoms with van der Waals surface area (Å²) in [4.78, 5) is 12.7. The maximum absolute atomic E-state index is 12.0. The molecule has 2 aromatic carbocycles. The number of halogens is 2. The van der Waals surface area contributed by atoms with Crippen LogP contribution < -0.4 is 0 Å². The molecule has 0 N–H and O–H groups in total. The fourth-order valence-electron chi connectivity index (χ4n) is 1.89. The van der Waals surface area contributed by atoms with Gasteiger partial charge in [0.15, 0.2) is 9.84 Å². The molecule has 0 bridgehead atoms. The number of aryl methyl sites for hydroxylation is 1. The van der Waals surface area contributed by atoms with Gasteiger partial charge in [-0.15, -0.1) is 0 Å². The molecule has 0 heterocycles. The number of hydrogen-bond donors (Lipinski definition) is 0. The van der Waals surface area contributed by atoms with E-state index in [1.807, 2.05) is 6.07 Å². The van der Waals surface area contributed by atoms with Crippen LogP contribution in [0.25, 0.3) is 0 Å². The van der Waals surface area contributed by atoms with E-state index in [9.17, 15) is 13.2 Å². The zero-order chi connectivity index (χ0) is 16.5. The molecule has 0 saturated carbocycles. The van der Waals surface area contributed by atoms with Crippen molar-refractivity contribution in [1.82, 2.24) is 0 Å². The second kappa shape index (κ2) is 6.62. The van der Waals surface area contributed by atoms with Crippen LogP contribution in [0.15, 0.2) is 51.1 Å². The molecule has 2 rings (SSSR count). The van der Waals surface area contributed by atoms with Crippen LogP contribution in [0.2, 0.25) is 5.02 Å². The van der Waals surface area contributed by atoms with Crippen LogP contribution in [0.4, 0.5) is 0 Å². The van der Waals surface area contributed by atoms with Gasteiger partial charge < -0.3 is 0 Å². The van der Waals surface area contributed by atoms with Crippen molar-refractivity contribution in [1.29, 1.82) is 0 Å². The summed E-state index contributed by atoms with van der Waals surface area (Å²) < 4.78 is 24.0. The lowest BCUT2D eigenvalue weighted by atomic mass is 10.1. The van der Waals surface area contributed by atoms with E-state index in [-0.39, 0.29) is 10.5 Å². The molecule has 0 aliphatic carbocycles. The molecule has 0 saturated heterocycles. The second-order valence-corrected chi connectivity index (χ2v) is 8.51. The van der Waals surface area contributed by atoms with Gasteiger partial charge >= 0.3 is 0 Å². The molecular weight excluding hydrogens is 363 g/mol. The predicted octanol–water partition coefficient (Wildman–Crippen LogP) is 4.58. The first-order valence-corrected chi connectivity index (χ1v) is 9.63. The molecule has 0 spiro atoms. The Morgan fingerprint density at radius 3 is 2.32 bits per heavy atom. The van der Waals surface area contributed by atoms with Gasteiger partial charge in [0, 0.05) is 21.6 Å². The van der Waals surface area contributed by atoms with Gasteiger partial charge in [0.1, 0.15) is 0 Å². The molecule has 0 unspecified atom stereocenters. The lowest BCUT2D eigenvalue weighted by molar-refractivity contribution is 0.108. The minimum Gasteiger partial charge on any atom is -0.276 e. The minimum atomic E-state index is -3.51. The SMILES string of the molecule is Cc1cc(Sc2ccccc2Cl)c(S(C)(=O)=O)cc1C(=O)Cl. The Balaban J connectivity index is 2.63. The smallest absolute Gasteiger partial charge is 0.252 e. The number of sulfone groups is 1. The van der Waals surface area contributed by atoms with Gasteiger partial charge in [0.25, 0.3) is 5.24 Å². The molecule has 0 aliphatic rings. The fraction of sp³-hybridized carbons (Fsp3) is 0.133. The van der Waals surface area contributed by atoms with Crippen molar-refractivity contribution in [3.8, 4) is 0 Å². The van der Waals surface area contributed by atoms with E-state index < -0.39 is 15.1 Å². The van der Waals surface area contributed by atoms with E-state index in [1.54, 1.807) is 31.2 Å². The number of hydrogen-bond acceptors (Lipinski definition) is 4. The summed E-state index contributed by atoms with van der Waals surface area (Å²) in [5.74, 6) is 0. The second-order valence-electron chi connectivity index (χ2n) is 4.69. The van der Waals surface area contributed by atoms with Gasteiger partial charge in [-0.05, 0) is 48.4 Å². The number of carbonyl (C=O) groups excluding carboxylic acids is 1. The summed E-state index contributed by atoms with van der Waals surface area (Å²) in [5.41, 5.74) is 0.799. The molecule has 0 aromatic heterocycles. The molecule has 22 heavy (non-hydrogen) atoms. The first-order valence-electron chi connectivity index (χ1n) is 6.17. The van der Waals surface area contributed by atoms with E-state index in [2.05, 4.69) is 0 Å². The highest BCUT2D eigenvalue weighted by atomic mass is 35.5. The van der Waals surface area contributed by atoms with Crippen molar-refractivity contribution in [3.63, 3.8) is 0 Å². The Labute approximate surface area is 143 Å². The van der Waals surface area contributed by atoms with Gasteiger partial charge in [-0.2, -0.15) is 0 Å². The van der Waals surface area contributed by atoms with Crippen LogP contribution >= 0.6 is 35.0 Å². The first kappa shape index (κ1) is 17.3. The van der Waals surface area contributed by atoms with Crippen molar-refractivity contribution in [2.45, 2.75) is 21.6 Å². The van der Waals surface area contributed by atoms with E-state index in [0.717, 1.165) is 11.2 Å². The maximum atomic E-state index is 12.0. The molecule has 0 fully saturated rings. The van der Waals surface area contributed by atoms with Crippen molar-refractivity contribution in [2.24, 2.45) is 0 Å². The van der Waals surface area contributed by atoms with Crippen LogP contribution in [0.5, 0.6) is 0 Å². The molecule has 0 radical (unpaired) electrons. The zero-order valence-corrected chi connectivity index (χ0v) is 14.9. The lowest BCUT2D eigenvalue weighted by Crippen LogP contribution is -2.04. The maximum Gasteiger partial charge on any atom is 0.252 e. The van der Waals surface area contributed by atoms with Crippen LogP contribution in [0.3, 0.4) is 0 Å². The van der Waals surface area contributed by atoms with Crippen molar-refractivity contribution < 1.29 is 13.2 Å². The minimum absolute atomic E-state index is 0.0621. The van der Waals surface area contributed by atoms with E-state index in [1.165, 1.54) is 17.8 Å². The first-order chi connectivity index (χ1) is 10.2. The Morgan fingerprint density at radius 2 is 1.77 bits per heavy atom. The number of rotatable bonds is 4.